The van der Waals surface area contributed by atoms with E-state index >= 15 is 0 Å². The topological polar surface area (TPSA) is 102 Å². The number of methoxy groups -OCH3 is 1. The van der Waals surface area contributed by atoms with E-state index in [-0.39, 0.29) is 35.5 Å². The van der Waals surface area contributed by atoms with E-state index in [1.807, 2.05) is 12.2 Å². The van der Waals surface area contributed by atoms with Gasteiger partial charge in [0.25, 0.3) is 5.91 Å². The van der Waals surface area contributed by atoms with E-state index in [4.69, 9.17) is 9.47 Å². The monoisotopic (exact) mass is 398 g/mol. The predicted molar refractivity (Wildman–Crippen MR) is 102 cm³/mol. The van der Waals surface area contributed by atoms with Gasteiger partial charge in [0.1, 0.15) is 11.8 Å². The molecule has 1 aromatic rings. The highest BCUT2D eigenvalue weighted by molar-refractivity contribution is 6.09. The molecule has 3 amide bonds. The zero-order valence-corrected chi connectivity index (χ0v) is 16.2. The molecule has 8 nitrogen and oxygen atoms in total. The van der Waals surface area contributed by atoms with Crippen LogP contribution in [0.2, 0.25) is 0 Å². The van der Waals surface area contributed by atoms with Crippen LogP contribution in [0, 0.1) is 23.7 Å². The Morgan fingerprint density at radius 1 is 1.10 bits per heavy atom. The Morgan fingerprint density at radius 3 is 2.24 bits per heavy atom. The van der Waals surface area contributed by atoms with Crippen molar-refractivity contribution in [2.24, 2.45) is 23.7 Å². The van der Waals surface area contributed by atoms with Crippen molar-refractivity contribution in [1.82, 2.24) is 4.90 Å². The van der Waals surface area contributed by atoms with Gasteiger partial charge in [-0.1, -0.05) is 12.2 Å². The van der Waals surface area contributed by atoms with Gasteiger partial charge in [-0.2, -0.15) is 0 Å². The highest BCUT2D eigenvalue weighted by Crippen LogP contribution is 2.52. The first kappa shape index (κ1) is 19.2. The highest BCUT2D eigenvalue weighted by Gasteiger charge is 2.60. The highest BCUT2D eigenvalue weighted by atomic mass is 16.5. The lowest BCUT2D eigenvalue weighted by atomic mass is 9.85. The number of hydrogen-bond acceptors (Lipinski definition) is 6. The van der Waals surface area contributed by atoms with Gasteiger partial charge in [-0.05, 0) is 49.4 Å². The quantitative estimate of drug-likeness (QED) is 0.441. The molecule has 5 atom stereocenters. The van der Waals surface area contributed by atoms with Gasteiger partial charge in [0.15, 0.2) is 6.61 Å². The molecule has 29 heavy (non-hydrogen) atoms. The first-order valence-electron chi connectivity index (χ1n) is 9.56. The molecule has 1 saturated heterocycles. The van der Waals surface area contributed by atoms with Crippen LogP contribution < -0.4 is 10.1 Å². The van der Waals surface area contributed by atoms with Gasteiger partial charge >= 0.3 is 5.97 Å². The van der Waals surface area contributed by atoms with Crippen LogP contribution in [0.5, 0.6) is 5.75 Å². The molecule has 0 radical (unpaired) electrons. The van der Waals surface area contributed by atoms with E-state index in [1.165, 1.54) is 6.92 Å². The lowest BCUT2D eigenvalue weighted by molar-refractivity contribution is -0.159. The maximum atomic E-state index is 12.7. The third-order valence-corrected chi connectivity index (χ3v) is 5.95. The summed E-state index contributed by atoms with van der Waals surface area (Å²) >= 11 is 0. The molecule has 3 aliphatic rings. The second-order valence-corrected chi connectivity index (χ2v) is 7.61. The number of nitrogens with zero attached hydrogens (tertiary/aromatic N) is 1. The van der Waals surface area contributed by atoms with Crippen molar-refractivity contribution in [3.63, 3.8) is 0 Å². The summed E-state index contributed by atoms with van der Waals surface area (Å²) in [5, 5.41) is 2.60. The number of carbonyl (C=O) groups excluding carboxylic acids is 4. The molecule has 4 rings (SSSR count). The van der Waals surface area contributed by atoms with E-state index < -0.39 is 24.5 Å². The molecule has 1 aromatic carbocycles. The maximum Gasteiger partial charge on any atom is 0.329 e. The molecule has 2 bridgehead atoms. The van der Waals surface area contributed by atoms with Crippen LogP contribution >= 0.6 is 0 Å². The van der Waals surface area contributed by atoms with Gasteiger partial charge in [0.2, 0.25) is 11.8 Å². The number of esters is 1. The van der Waals surface area contributed by atoms with Gasteiger partial charge in [0, 0.05) is 5.69 Å². The number of imide groups is 1. The number of allylic oxidation sites excluding steroid dienone is 2. The fraction of sp³-hybridized carbons (Fsp3) is 0.429. The summed E-state index contributed by atoms with van der Waals surface area (Å²) in [6, 6.07) is 5.63. The standard InChI is InChI=1S/C21H22N2O6/c1-11(23-19(25)17-12-3-4-13(9-12)18(17)20(23)26)21(27)29-10-16(24)22-14-5-7-15(28-2)8-6-14/h3-8,11-13,17-18H,9-10H2,1-2H3,(H,22,24)/t11-,12-,13-,17+,18+/m0/s1. The van der Waals surface area contributed by atoms with E-state index in [1.54, 1.807) is 31.4 Å². The first-order chi connectivity index (χ1) is 13.9. The molecule has 1 heterocycles. The second kappa shape index (κ2) is 7.35. The summed E-state index contributed by atoms with van der Waals surface area (Å²) in [5.41, 5.74) is 0.528. The van der Waals surface area contributed by atoms with Crippen molar-refractivity contribution in [3.8, 4) is 5.75 Å². The fourth-order valence-electron chi connectivity index (χ4n) is 4.54. The van der Waals surface area contributed by atoms with E-state index in [0.29, 0.717) is 11.4 Å². The van der Waals surface area contributed by atoms with Crippen LogP contribution in [0.3, 0.4) is 0 Å². The molecular formula is C21H22N2O6. The first-order valence-corrected chi connectivity index (χ1v) is 9.56. The summed E-state index contributed by atoms with van der Waals surface area (Å²) in [6.45, 7) is 0.945. The van der Waals surface area contributed by atoms with Gasteiger partial charge in [-0.3, -0.25) is 19.3 Å². The smallest absolute Gasteiger partial charge is 0.329 e. The van der Waals surface area contributed by atoms with Gasteiger partial charge in [-0.15, -0.1) is 0 Å². The van der Waals surface area contributed by atoms with Gasteiger partial charge < -0.3 is 14.8 Å². The molecule has 1 saturated carbocycles. The molecule has 2 aliphatic carbocycles. The number of nitrogens with one attached hydrogen (secondary N) is 1. The van der Waals surface area contributed by atoms with Crippen LogP contribution in [0.15, 0.2) is 36.4 Å². The summed E-state index contributed by atoms with van der Waals surface area (Å²) in [7, 11) is 1.54. The van der Waals surface area contributed by atoms with Crippen molar-refractivity contribution in [1.29, 1.82) is 0 Å². The summed E-state index contributed by atoms with van der Waals surface area (Å²) < 4.78 is 10.1. The number of benzene rings is 1. The predicted octanol–water partition coefficient (Wildman–Crippen LogP) is 1.37. The van der Waals surface area contributed by atoms with Crippen molar-refractivity contribution in [2.75, 3.05) is 19.0 Å². The van der Waals surface area contributed by atoms with Crippen molar-refractivity contribution >= 4 is 29.4 Å². The number of anilines is 1. The largest absolute Gasteiger partial charge is 0.497 e. The van der Waals surface area contributed by atoms with Crippen LogP contribution in [0.25, 0.3) is 0 Å². The second-order valence-electron chi connectivity index (χ2n) is 7.61. The number of fused-ring (bicyclic) bond motifs is 5. The number of carbonyl (C=O) groups is 4. The molecule has 0 spiro atoms. The van der Waals surface area contributed by atoms with Crippen LogP contribution in [-0.2, 0) is 23.9 Å². The lowest BCUT2D eigenvalue weighted by Gasteiger charge is -2.23. The van der Waals surface area contributed by atoms with E-state index in [9.17, 15) is 19.2 Å². The Labute approximate surface area is 167 Å². The maximum absolute atomic E-state index is 12.7. The molecule has 0 aromatic heterocycles. The van der Waals surface area contributed by atoms with Crippen molar-refractivity contribution < 1.29 is 28.7 Å². The Kier molecular flexibility index (Phi) is 4.86. The van der Waals surface area contributed by atoms with Crippen LogP contribution in [0.1, 0.15) is 13.3 Å². The zero-order valence-electron chi connectivity index (χ0n) is 16.2. The Hall–Kier alpha value is -3.16. The minimum absolute atomic E-state index is 0.0740. The van der Waals surface area contributed by atoms with Crippen LogP contribution in [-0.4, -0.2) is 48.3 Å². The lowest BCUT2D eigenvalue weighted by Crippen LogP contribution is -2.45. The number of likely N-dealkylation sites (tertiary alicyclic amines) is 1. The fourth-order valence-corrected chi connectivity index (χ4v) is 4.54. The van der Waals surface area contributed by atoms with E-state index in [0.717, 1.165) is 11.3 Å². The molecule has 2 fully saturated rings. The number of ether oxygens (including phenoxy) is 2. The average Bonchev–Trinajstić information content (AvgIpc) is 3.40. The summed E-state index contributed by atoms with van der Waals surface area (Å²) in [6.07, 6.45) is 4.81. The molecule has 1 N–H and O–H groups in total. The minimum Gasteiger partial charge on any atom is -0.497 e. The van der Waals surface area contributed by atoms with Crippen molar-refractivity contribution in [3.05, 3.63) is 36.4 Å². The molecular weight excluding hydrogens is 376 g/mol. The Bertz CT molecular complexity index is 863. The number of amides is 3. The Morgan fingerprint density at radius 2 is 1.69 bits per heavy atom. The SMILES string of the molecule is COc1ccc(NC(=O)COC(=O)[C@H](C)N2C(=O)[C@H]3[C@H](C2=O)[C@H]2C=C[C@H]3C2)cc1. The zero-order chi connectivity index (χ0) is 20.7. The molecule has 0 unspecified atom stereocenters. The summed E-state index contributed by atoms with van der Waals surface area (Å²) in [5.74, 6) is -1.87. The van der Waals surface area contributed by atoms with Gasteiger partial charge in [0.05, 0.1) is 18.9 Å². The molecule has 1 aliphatic heterocycles. The number of rotatable bonds is 6. The molecule has 8 heteroatoms. The third-order valence-electron chi connectivity index (χ3n) is 5.95. The minimum atomic E-state index is -1.06. The van der Waals surface area contributed by atoms with Gasteiger partial charge in [-0.25, -0.2) is 4.79 Å². The van der Waals surface area contributed by atoms with E-state index in [2.05, 4.69) is 5.32 Å². The molecule has 152 valence electrons. The van der Waals surface area contributed by atoms with Crippen molar-refractivity contribution in [2.45, 2.75) is 19.4 Å². The summed E-state index contributed by atoms with van der Waals surface area (Å²) in [4.78, 5) is 50.9. The average molecular weight is 398 g/mol. The Balaban J connectivity index is 1.32. The third kappa shape index (κ3) is 3.28. The number of hydrogen-bond donors (Lipinski definition) is 1. The van der Waals surface area contributed by atoms with Crippen LogP contribution in [0.4, 0.5) is 5.69 Å². The normalized spacial score (nSPS) is 27.7.